The van der Waals surface area contributed by atoms with E-state index in [0.29, 0.717) is 0 Å². The molecule has 4 unspecified atom stereocenters. The molecule has 2 amide bonds. The van der Waals surface area contributed by atoms with E-state index in [9.17, 15) is 85.9 Å². The summed E-state index contributed by atoms with van der Waals surface area (Å²) in [5, 5.41) is 151. The molecular formula is C31H52N2O24. The van der Waals surface area contributed by atoms with Crippen molar-refractivity contribution in [1.82, 2.24) is 10.6 Å². The Labute approximate surface area is 322 Å². The minimum absolute atomic E-state index is 0.787. The molecule has 0 bridgehead atoms. The molecule has 4 aliphatic rings. The van der Waals surface area contributed by atoms with Gasteiger partial charge < -0.3 is 115 Å². The number of carboxylic acids is 1. The van der Waals surface area contributed by atoms with Crippen LogP contribution in [-0.4, -0.2) is 244 Å². The van der Waals surface area contributed by atoms with Crippen LogP contribution in [0.2, 0.25) is 0 Å². The summed E-state index contributed by atoms with van der Waals surface area (Å²) in [6.07, 6.45) is -36.1. The summed E-state index contributed by atoms with van der Waals surface area (Å²) in [7, 11) is 0. The van der Waals surface area contributed by atoms with E-state index in [1.807, 2.05) is 0 Å². The predicted octanol–water partition coefficient (Wildman–Crippen LogP) is -10.3. The average molecular weight is 837 g/mol. The number of carbonyl (C=O) groups is 3. The topological polar surface area (TPSA) is 423 Å². The molecule has 57 heavy (non-hydrogen) atoms. The SMILES string of the molecule is CC(=O)N[C@H]1[C@H]([C@H](O)[C@H](O)CO)OC(O[C@H]2[C@@H](O)[C@@H](CO)OC(O[C@H]3[C@H](O)[C@@H](NC(C)=O)C(O[C@@H]4C(O)O[C@H](CO)[C@@H](O)[C@@H]4O)O[C@@H]3CO)[C@@H]2O)(C(=O)O)C[C@@H]1O. The average Bonchev–Trinajstić information content (AvgIpc) is 3.16. The van der Waals surface area contributed by atoms with Crippen molar-refractivity contribution in [2.24, 2.45) is 0 Å². The molecular weight excluding hydrogens is 784 g/mol. The number of aliphatic hydroxyl groups is 13. The first-order valence-electron chi connectivity index (χ1n) is 17.7. The number of hydrogen-bond acceptors (Lipinski definition) is 23. The first-order valence-corrected chi connectivity index (χ1v) is 17.7. The summed E-state index contributed by atoms with van der Waals surface area (Å²) in [6.45, 7) is -1.94. The number of rotatable bonds is 15. The molecule has 26 heteroatoms. The van der Waals surface area contributed by atoms with Crippen LogP contribution in [0.25, 0.3) is 0 Å². The second kappa shape index (κ2) is 19.8. The van der Waals surface area contributed by atoms with Gasteiger partial charge in [0.15, 0.2) is 18.9 Å². The van der Waals surface area contributed by atoms with E-state index in [2.05, 4.69) is 10.6 Å². The highest BCUT2D eigenvalue weighted by Crippen LogP contribution is 2.38. The van der Waals surface area contributed by atoms with Gasteiger partial charge in [0.2, 0.25) is 11.8 Å². The zero-order chi connectivity index (χ0) is 42.7. The summed E-state index contributed by atoms with van der Waals surface area (Å²) < 4.78 is 38.9. The zero-order valence-corrected chi connectivity index (χ0v) is 30.4. The minimum Gasteiger partial charge on any atom is -0.477 e. The van der Waals surface area contributed by atoms with E-state index in [0.717, 1.165) is 13.8 Å². The van der Waals surface area contributed by atoms with Crippen LogP contribution in [0.15, 0.2) is 0 Å². The van der Waals surface area contributed by atoms with E-state index in [1.54, 1.807) is 0 Å². The van der Waals surface area contributed by atoms with Gasteiger partial charge in [0, 0.05) is 20.3 Å². The standard InChI is InChI=1S/C31H52N2O24/c1-8(38)32-15-10(40)3-31(30(49)50,56-24(15)17(42)11(41)4-34)57-25-19(44)13(6-36)52-29(22(25)47)54-23-14(7-37)53-28(16(20(23)45)33-9(2)39)55-26-21(46)18(43)12(5-35)51-27(26)48/h10-29,34-37,40-48H,3-7H2,1-2H3,(H,32,38)(H,33,39)(H,49,50)/t10-,11+,12+,13+,14+,15+,16+,17+,18+,19-,20+,21-,22+,23+,24+,25-,26-,27?,28?,29?,31?/m0/s1. The second-order valence-electron chi connectivity index (χ2n) is 14.0. The van der Waals surface area contributed by atoms with E-state index >= 15 is 0 Å². The maximum absolute atomic E-state index is 12.8. The molecule has 0 aromatic heterocycles. The number of carbonyl (C=O) groups excluding carboxylic acids is 2. The third kappa shape index (κ3) is 10.2. The molecule has 4 saturated heterocycles. The normalized spacial score (nSPS) is 45.1. The van der Waals surface area contributed by atoms with Crippen molar-refractivity contribution in [1.29, 1.82) is 0 Å². The summed E-state index contributed by atoms with van der Waals surface area (Å²) in [5.41, 5.74) is 0. The van der Waals surface area contributed by atoms with E-state index in [-0.39, 0.29) is 0 Å². The molecule has 16 N–H and O–H groups in total. The first-order chi connectivity index (χ1) is 26.7. The number of nitrogens with one attached hydrogen (secondary N) is 2. The zero-order valence-electron chi connectivity index (χ0n) is 30.4. The number of aliphatic carboxylic acids is 1. The summed E-state index contributed by atoms with van der Waals surface area (Å²) >= 11 is 0. The highest BCUT2D eigenvalue weighted by atomic mass is 16.8. The van der Waals surface area contributed by atoms with Crippen LogP contribution in [0, 0.1) is 0 Å². The smallest absolute Gasteiger partial charge is 0.364 e. The van der Waals surface area contributed by atoms with Gasteiger partial charge >= 0.3 is 5.97 Å². The van der Waals surface area contributed by atoms with Crippen molar-refractivity contribution < 1.29 is 119 Å². The van der Waals surface area contributed by atoms with Crippen LogP contribution in [-0.2, 0) is 47.5 Å². The first kappa shape index (κ1) is 47.3. The quantitative estimate of drug-likeness (QED) is 0.0728. The fourth-order valence-electron chi connectivity index (χ4n) is 7.04. The van der Waals surface area contributed by atoms with Crippen LogP contribution in [0.4, 0.5) is 0 Å². The Kier molecular flexibility index (Phi) is 16.4. The number of aliphatic hydroxyl groups excluding tert-OH is 13. The Hall–Kier alpha value is -2.39. The molecule has 0 aromatic carbocycles. The lowest BCUT2D eigenvalue weighted by Crippen LogP contribution is -2.71. The lowest BCUT2D eigenvalue weighted by atomic mass is 9.88. The van der Waals surface area contributed by atoms with E-state index in [4.69, 9.17) is 33.2 Å². The van der Waals surface area contributed by atoms with Gasteiger partial charge in [0.25, 0.3) is 5.79 Å². The van der Waals surface area contributed by atoms with Crippen molar-refractivity contribution in [3.8, 4) is 0 Å². The van der Waals surface area contributed by atoms with Crippen LogP contribution < -0.4 is 10.6 Å². The molecule has 4 fully saturated rings. The number of amides is 2. The van der Waals surface area contributed by atoms with E-state index in [1.165, 1.54) is 0 Å². The molecule has 4 aliphatic heterocycles. The molecule has 26 nitrogen and oxygen atoms in total. The number of carboxylic acid groups (broad SMARTS) is 1. The van der Waals surface area contributed by atoms with Gasteiger partial charge in [0.1, 0.15) is 91.5 Å². The molecule has 4 rings (SSSR count). The summed E-state index contributed by atoms with van der Waals surface area (Å²) in [6, 6.07) is -3.30. The molecule has 330 valence electrons. The van der Waals surface area contributed by atoms with Crippen LogP contribution in [0.1, 0.15) is 20.3 Å². The summed E-state index contributed by atoms with van der Waals surface area (Å²) in [5.74, 6) is -6.74. The molecule has 0 aliphatic carbocycles. The van der Waals surface area contributed by atoms with Gasteiger partial charge in [-0.1, -0.05) is 0 Å². The highest BCUT2D eigenvalue weighted by Gasteiger charge is 2.60. The predicted molar refractivity (Wildman–Crippen MR) is 174 cm³/mol. The monoisotopic (exact) mass is 836 g/mol. The van der Waals surface area contributed by atoms with Crippen LogP contribution in [0.3, 0.4) is 0 Å². The van der Waals surface area contributed by atoms with Crippen molar-refractivity contribution in [3.05, 3.63) is 0 Å². The Bertz CT molecular complexity index is 1350. The third-order valence-electron chi connectivity index (χ3n) is 9.98. The molecule has 0 radical (unpaired) electrons. The lowest BCUT2D eigenvalue weighted by Gasteiger charge is -2.51. The maximum atomic E-state index is 12.8. The fourth-order valence-corrected chi connectivity index (χ4v) is 7.04. The van der Waals surface area contributed by atoms with Crippen LogP contribution in [0.5, 0.6) is 0 Å². The lowest BCUT2D eigenvalue weighted by molar-refractivity contribution is -0.387. The Balaban J connectivity index is 1.62. The van der Waals surface area contributed by atoms with Gasteiger partial charge in [-0.05, 0) is 0 Å². The van der Waals surface area contributed by atoms with Crippen LogP contribution >= 0.6 is 0 Å². The van der Waals surface area contributed by atoms with Crippen molar-refractivity contribution in [2.75, 3.05) is 26.4 Å². The molecule has 21 atom stereocenters. The maximum Gasteiger partial charge on any atom is 0.364 e. The van der Waals surface area contributed by atoms with Crippen molar-refractivity contribution in [3.63, 3.8) is 0 Å². The van der Waals surface area contributed by atoms with Crippen molar-refractivity contribution >= 4 is 17.8 Å². The molecule has 0 aromatic rings. The van der Waals surface area contributed by atoms with Gasteiger partial charge in [-0.25, -0.2) is 4.79 Å². The second-order valence-corrected chi connectivity index (χ2v) is 14.0. The molecule has 0 spiro atoms. The Morgan fingerprint density at radius 2 is 1.23 bits per heavy atom. The minimum atomic E-state index is -3.12. The van der Waals surface area contributed by atoms with Gasteiger partial charge in [0.05, 0.1) is 38.6 Å². The summed E-state index contributed by atoms with van der Waals surface area (Å²) in [4.78, 5) is 36.9. The Morgan fingerprint density at radius 3 is 1.77 bits per heavy atom. The third-order valence-corrected chi connectivity index (χ3v) is 9.98. The number of hydrogen-bond donors (Lipinski definition) is 16. The highest BCUT2D eigenvalue weighted by molar-refractivity contribution is 5.76. The molecule has 4 heterocycles. The fraction of sp³-hybridized carbons (Fsp3) is 0.903. The Morgan fingerprint density at radius 1 is 0.684 bits per heavy atom. The van der Waals surface area contributed by atoms with Crippen molar-refractivity contribution in [2.45, 2.75) is 149 Å². The van der Waals surface area contributed by atoms with Gasteiger partial charge in [-0.15, -0.1) is 0 Å². The van der Waals surface area contributed by atoms with Gasteiger partial charge in [-0.2, -0.15) is 0 Å². The largest absolute Gasteiger partial charge is 0.477 e. The van der Waals surface area contributed by atoms with Gasteiger partial charge in [-0.3, -0.25) is 9.59 Å². The molecule has 0 saturated carbocycles. The number of ether oxygens (including phenoxy) is 7. The van der Waals surface area contributed by atoms with E-state index < -0.39 is 179 Å².